The Kier molecular flexibility index (Phi) is 5.10. The van der Waals surface area contributed by atoms with Crippen LogP contribution in [-0.4, -0.2) is 59.2 Å². The Bertz CT molecular complexity index is 592. The van der Waals surface area contributed by atoms with E-state index in [1.54, 1.807) is 6.20 Å². The SMILES string of the molecule is OCCN1CCN(Cc2ncc(-c3ccc(Cl)cc3)o2)CC1. The van der Waals surface area contributed by atoms with Crippen molar-refractivity contribution in [2.24, 2.45) is 0 Å². The Labute approximate surface area is 135 Å². The second-order valence-electron chi connectivity index (χ2n) is 5.47. The average Bonchev–Trinajstić information content (AvgIpc) is 2.99. The molecule has 0 saturated carbocycles. The summed E-state index contributed by atoms with van der Waals surface area (Å²) < 4.78 is 5.84. The molecule has 2 aromatic rings. The van der Waals surface area contributed by atoms with Gasteiger partial charge in [-0.2, -0.15) is 0 Å². The van der Waals surface area contributed by atoms with Gasteiger partial charge in [0.1, 0.15) is 0 Å². The van der Waals surface area contributed by atoms with Crippen molar-refractivity contribution < 1.29 is 9.52 Å². The standard InChI is InChI=1S/C16H20ClN3O2/c17-14-3-1-13(2-4-14)15-11-18-16(22-15)12-20-7-5-19(6-8-20)9-10-21/h1-4,11,21H,5-10,12H2. The largest absolute Gasteiger partial charge is 0.439 e. The zero-order valence-corrected chi connectivity index (χ0v) is 13.2. The van der Waals surface area contributed by atoms with Gasteiger partial charge in [-0.1, -0.05) is 11.6 Å². The van der Waals surface area contributed by atoms with E-state index < -0.39 is 0 Å². The lowest BCUT2D eigenvalue weighted by molar-refractivity contribution is 0.103. The first kappa shape index (κ1) is 15.5. The lowest BCUT2D eigenvalue weighted by Crippen LogP contribution is -2.46. The monoisotopic (exact) mass is 321 g/mol. The fraction of sp³-hybridized carbons (Fsp3) is 0.438. The molecule has 1 aromatic carbocycles. The number of aromatic nitrogens is 1. The van der Waals surface area contributed by atoms with E-state index in [9.17, 15) is 0 Å². The number of aliphatic hydroxyl groups is 1. The van der Waals surface area contributed by atoms with Crippen LogP contribution >= 0.6 is 11.6 Å². The summed E-state index contributed by atoms with van der Waals surface area (Å²) in [4.78, 5) is 8.96. The third-order valence-electron chi connectivity index (χ3n) is 3.92. The van der Waals surface area contributed by atoms with Crippen LogP contribution in [0.15, 0.2) is 34.9 Å². The van der Waals surface area contributed by atoms with Gasteiger partial charge >= 0.3 is 0 Å². The van der Waals surface area contributed by atoms with Gasteiger partial charge in [0.15, 0.2) is 5.76 Å². The van der Waals surface area contributed by atoms with Gasteiger partial charge in [-0.15, -0.1) is 0 Å². The van der Waals surface area contributed by atoms with Gasteiger partial charge in [0.05, 0.1) is 19.3 Å². The number of rotatable bonds is 5. The van der Waals surface area contributed by atoms with Crippen molar-refractivity contribution >= 4 is 11.6 Å². The molecule has 1 N–H and O–H groups in total. The number of aliphatic hydroxyl groups excluding tert-OH is 1. The number of benzene rings is 1. The van der Waals surface area contributed by atoms with E-state index in [4.69, 9.17) is 21.1 Å². The van der Waals surface area contributed by atoms with E-state index in [-0.39, 0.29) is 6.61 Å². The molecule has 0 aliphatic carbocycles. The van der Waals surface area contributed by atoms with Crippen molar-refractivity contribution in [3.8, 4) is 11.3 Å². The van der Waals surface area contributed by atoms with E-state index in [0.29, 0.717) is 5.02 Å². The maximum atomic E-state index is 8.96. The molecule has 118 valence electrons. The van der Waals surface area contributed by atoms with Crippen molar-refractivity contribution in [1.82, 2.24) is 14.8 Å². The number of halogens is 1. The van der Waals surface area contributed by atoms with Crippen LogP contribution in [0.25, 0.3) is 11.3 Å². The molecule has 1 aliphatic rings. The lowest BCUT2D eigenvalue weighted by atomic mass is 10.2. The Hall–Kier alpha value is -1.40. The van der Waals surface area contributed by atoms with Crippen molar-refractivity contribution in [3.05, 3.63) is 41.4 Å². The summed E-state index contributed by atoms with van der Waals surface area (Å²) in [6.07, 6.45) is 1.76. The third kappa shape index (κ3) is 3.87. The molecular formula is C16H20ClN3O2. The molecule has 0 unspecified atom stereocenters. The quantitative estimate of drug-likeness (QED) is 0.914. The molecule has 0 atom stereocenters. The minimum Gasteiger partial charge on any atom is -0.439 e. The average molecular weight is 322 g/mol. The second-order valence-corrected chi connectivity index (χ2v) is 5.90. The van der Waals surface area contributed by atoms with Gasteiger partial charge < -0.3 is 9.52 Å². The van der Waals surface area contributed by atoms with E-state index in [1.807, 2.05) is 24.3 Å². The third-order valence-corrected chi connectivity index (χ3v) is 4.17. The maximum absolute atomic E-state index is 8.96. The molecule has 0 amide bonds. The zero-order chi connectivity index (χ0) is 15.4. The highest BCUT2D eigenvalue weighted by Crippen LogP contribution is 2.22. The van der Waals surface area contributed by atoms with Crippen molar-refractivity contribution in [2.75, 3.05) is 39.3 Å². The van der Waals surface area contributed by atoms with Gasteiger partial charge in [0.25, 0.3) is 0 Å². The minimum absolute atomic E-state index is 0.226. The summed E-state index contributed by atoms with van der Waals surface area (Å²) >= 11 is 5.89. The Balaban J connectivity index is 1.57. The molecular weight excluding hydrogens is 302 g/mol. The summed E-state index contributed by atoms with van der Waals surface area (Å²) in [5, 5.41) is 9.67. The highest BCUT2D eigenvalue weighted by Gasteiger charge is 2.18. The topological polar surface area (TPSA) is 52.7 Å². The summed E-state index contributed by atoms with van der Waals surface area (Å²) in [5.74, 6) is 1.51. The summed E-state index contributed by atoms with van der Waals surface area (Å²) in [5.41, 5.74) is 0.982. The highest BCUT2D eigenvalue weighted by molar-refractivity contribution is 6.30. The van der Waals surface area contributed by atoms with Gasteiger partial charge in [0.2, 0.25) is 5.89 Å². The molecule has 5 nitrogen and oxygen atoms in total. The first-order chi connectivity index (χ1) is 10.7. The zero-order valence-electron chi connectivity index (χ0n) is 12.4. The summed E-state index contributed by atoms with van der Waals surface area (Å²) in [6, 6.07) is 7.56. The highest BCUT2D eigenvalue weighted by atomic mass is 35.5. The second kappa shape index (κ2) is 7.24. The predicted molar refractivity (Wildman–Crippen MR) is 85.8 cm³/mol. The Morgan fingerprint density at radius 2 is 1.77 bits per heavy atom. The van der Waals surface area contributed by atoms with Gasteiger partial charge in [-0.3, -0.25) is 9.80 Å². The summed E-state index contributed by atoms with van der Waals surface area (Å²) in [6.45, 7) is 5.60. The Morgan fingerprint density at radius 1 is 1.09 bits per heavy atom. The Morgan fingerprint density at radius 3 is 2.45 bits per heavy atom. The maximum Gasteiger partial charge on any atom is 0.209 e. The molecule has 1 saturated heterocycles. The van der Waals surface area contributed by atoms with E-state index in [0.717, 1.165) is 56.5 Å². The lowest BCUT2D eigenvalue weighted by Gasteiger charge is -2.33. The fourth-order valence-corrected chi connectivity index (χ4v) is 2.76. The van der Waals surface area contributed by atoms with E-state index >= 15 is 0 Å². The number of piperazine rings is 1. The van der Waals surface area contributed by atoms with Crippen LogP contribution in [0.5, 0.6) is 0 Å². The number of oxazole rings is 1. The van der Waals surface area contributed by atoms with Gasteiger partial charge in [-0.05, 0) is 24.3 Å². The van der Waals surface area contributed by atoms with Crippen molar-refractivity contribution in [2.45, 2.75) is 6.54 Å². The number of β-amino-alcohol motifs (C(OH)–C–C–N with tert-alkyl or cyclic N) is 1. The molecule has 1 aromatic heterocycles. The molecule has 3 rings (SSSR count). The van der Waals surface area contributed by atoms with Crippen LogP contribution in [0.3, 0.4) is 0 Å². The minimum atomic E-state index is 0.226. The first-order valence-corrected chi connectivity index (χ1v) is 7.88. The van der Waals surface area contributed by atoms with Crippen LogP contribution in [0, 0.1) is 0 Å². The van der Waals surface area contributed by atoms with Crippen molar-refractivity contribution in [1.29, 1.82) is 0 Å². The smallest absolute Gasteiger partial charge is 0.209 e. The van der Waals surface area contributed by atoms with E-state index in [2.05, 4.69) is 14.8 Å². The number of hydrogen-bond donors (Lipinski definition) is 1. The normalized spacial score (nSPS) is 17.0. The number of hydrogen-bond acceptors (Lipinski definition) is 5. The van der Waals surface area contributed by atoms with Gasteiger partial charge in [-0.25, -0.2) is 4.98 Å². The molecule has 1 aliphatic heterocycles. The molecule has 2 heterocycles. The predicted octanol–water partition coefficient (Wildman–Crippen LogP) is 2.10. The molecule has 0 bridgehead atoms. The molecule has 1 fully saturated rings. The number of nitrogens with zero attached hydrogens (tertiary/aromatic N) is 3. The molecule has 0 spiro atoms. The van der Waals surface area contributed by atoms with Crippen LogP contribution in [0.4, 0.5) is 0 Å². The van der Waals surface area contributed by atoms with Gasteiger partial charge in [0, 0.05) is 43.3 Å². The van der Waals surface area contributed by atoms with Crippen LogP contribution in [0.1, 0.15) is 5.89 Å². The van der Waals surface area contributed by atoms with Crippen LogP contribution in [-0.2, 0) is 6.54 Å². The molecule has 22 heavy (non-hydrogen) atoms. The van der Waals surface area contributed by atoms with E-state index in [1.165, 1.54) is 0 Å². The van der Waals surface area contributed by atoms with Crippen LogP contribution in [0.2, 0.25) is 5.02 Å². The molecule has 0 radical (unpaired) electrons. The summed E-state index contributed by atoms with van der Waals surface area (Å²) in [7, 11) is 0. The fourth-order valence-electron chi connectivity index (χ4n) is 2.63. The molecule has 6 heteroatoms. The van der Waals surface area contributed by atoms with Crippen LogP contribution < -0.4 is 0 Å². The first-order valence-electron chi connectivity index (χ1n) is 7.51. The van der Waals surface area contributed by atoms with Crippen molar-refractivity contribution in [3.63, 3.8) is 0 Å².